The van der Waals surface area contributed by atoms with E-state index in [4.69, 9.17) is 0 Å². The van der Waals surface area contributed by atoms with Crippen molar-refractivity contribution in [1.29, 1.82) is 0 Å². The first kappa shape index (κ1) is 17.4. The fraction of sp³-hybridized carbons (Fsp3) is 0.133. The van der Waals surface area contributed by atoms with E-state index in [2.05, 4.69) is 38.0 Å². The maximum Gasteiger partial charge on any atom is 0.573 e. The lowest BCUT2D eigenvalue weighted by Crippen LogP contribution is -2.28. The van der Waals surface area contributed by atoms with Crippen molar-refractivity contribution in [3.63, 3.8) is 0 Å². The molecule has 2 N–H and O–H groups in total. The van der Waals surface area contributed by atoms with Crippen LogP contribution in [0.5, 0.6) is 5.75 Å². The van der Waals surface area contributed by atoms with Gasteiger partial charge >= 0.3 is 12.4 Å². The monoisotopic (exact) mass is 436 g/mol. The molecule has 8 heteroatoms. The number of hydrogen-bond acceptors (Lipinski definition) is 2. The Balaban J connectivity index is 1.90. The van der Waals surface area contributed by atoms with E-state index in [1.807, 2.05) is 6.07 Å². The molecule has 0 heterocycles. The molecule has 0 bridgehead atoms. The lowest BCUT2D eigenvalue weighted by molar-refractivity contribution is -0.274. The summed E-state index contributed by atoms with van der Waals surface area (Å²) in [6, 6.07) is 12.2. The van der Waals surface area contributed by atoms with Crippen LogP contribution < -0.4 is 15.4 Å². The molecule has 122 valence electrons. The van der Waals surface area contributed by atoms with Gasteiger partial charge in [0.2, 0.25) is 0 Å². The molecule has 0 spiro atoms. The molecule has 4 nitrogen and oxygen atoms in total. The van der Waals surface area contributed by atoms with E-state index in [0.717, 1.165) is 3.57 Å². The van der Waals surface area contributed by atoms with Gasteiger partial charge in [-0.25, -0.2) is 4.79 Å². The molecule has 0 aliphatic rings. The Hall–Kier alpha value is -1.97. The summed E-state index contributed by atoms with van der Waals surface area (Å²) in [6.07, 6.45) is -4.74. The number of hydrogen-bond donors (Lipinski definition) is 2. The van der Waals surface area contributed by atoms with Crippen molar-refractivity contribution in [3.05, 3.63) is 57.7 Å². The van der Waals surface area contributed by atoms with Gasteiger partial charge in [-0.1, -0.05) is 18.2 Å². The molecular formula is C15H12F3IN2O2. The predicted molar refractivity (Wildman–Crippen MR) is 88.1 cm³/mol. The van der Waals surface area contributed by atoms with Crippen molar-refractivity contribution in [2.75, 3.05) is 5.32 Å². The molecule has 0 atom stereocenters. The van der Waals surface area contributed by atoms with Crippen molar-refractivity contribution in [2.45, 2.75) is 12.9 Å². The number of carbonyl (C=O) groups is 1. The summed E-state index contributed by atoms with van der Waals surface area (Å²) in [4.78, 5) is 11.8. The molecule has 0 radical (unpaired) electrons. The minimum Gasteiger partial charge on any atom is -0.406 e. The molecule has 0 aliphatic heterocycles. The summed E-state index contributed by atoms with van der Waals surface area (Å²) < 4.78 is 41.3. The number of alkyl halides is 3. The normalized spacial score (nSPS) is 11.0. The van der Waals surface area contributed by atoms with Crippen LogP contribution in [0.15, 0.2) is 48.5 Å². The van der Waals surface area contributed by atoms with Gasteiger partial charge in [0.15, 0.2) is 0 Å². The van der Waals surface area contributed by atoms with Gasteiger partial charge in [-0.15, -0.1) is 13.2 Å². The maximum absolute atomic E-state index is 12.2. The van der Waals surface area contributed by atoms with Crippen LogP contribution in [0.3, 0.4) is 0 Å². The third-order valence-corrected chi connectivity index (χ3v) is 3.34. The van der Waals surface area contributed by atoms with Crippen LogP contribution in [0.4, 0.5) is 23.7 Å². The van der Waals surface area contributed by atoms with Gasteiger partial charge in [0, 0.05) is 15.8 Å². The van der Waals surface area contributed by atoms with Crippen LogP contribution in [0.1, 0.15) is 5.56 Å². The molecule has 2 amide bonds. The van der Waals surface area contributed by atoms with Gasteiger partial charge in [-0.05, 0) is 58.5 Å². The average molecular weight is 436 g/mol. The zero-order valence-corrected chi connectivity index (χ0v) is 13.8. The van der Waals surface area contributed by atoms with E-state index < -0.39 is 12.4 Å². The van der Waals surface area contributed by atoms with Crippen LogP contribution in [-0.4, -0.2) is 12.4 Å². The number of ether oxygens (including phenoxy) is 1. The SMILES string of the molecule is O=C(NCc1cccc(OC(F)(F)F)c1)Nc1cccc(I)c1. The molecule has 0 saturated heterocycles. The number of urea groups is 1. The summed E-state index contributed by atoms with van der Waals surface area (Å²) in [5, 5.41) is 5.21. The highest BCUT2D eigenvalue weighted by Gasteiger charge is 2.31. The minimum absolute atomic E-state index is 0.0742. The van der Waals surface area contributed by atoms with Crippen LogP contribution >= 0.6 is 22.6 Å². The van der Waals surface area contributed by atoms with Gasteiger partial charge in [-0.3, -0.25) is 0 Å². The summed E-state index contributed by atoms with van der Waals surface area (Å²) in [5.41, 5.74) is 1.12. The van der Waals surface area contributed by atoms with Gasteiger partial charge in [0.05, 0.1) is 0 Å². The lowest BCUT2D eigenvalue weighted by atomic mass is 10.2. The molecular weight excluding hydrogens is 424 g/mol. The lowest BCUT2D eigenvalue weighted by Gasteiger charge is -2.11. The quantitative estimate of drug-likeness (QED) is 0.694. The number of rotatable bonds is 4. The van der Waals surface area contributed by atoms with Gasteiger partial charge in [-0.2, -0.15) is 0 Å². The maximum atomic E-state index is 12.2. The molecule has 0 aliphatic carbocycles. The van der Waals surface area contributed by atoms with E-state index >= 15 is 0 Å². The van der Waals surface area contributed by atoms with Gasteiger partial charge in [0.25, 0.3) is 0 Å². The smallest absolute Gasteiger partial charge is 0.406 e. The Morgan fingerprint density at radius 3 is 2.57 bits per heavy atom. The second kappa shape index (κ2) is 7.53. The number of amides is 2. The van der Waals surface area contributed by atoms with Crippen molar-refractivity contribution < 1.29 is 22.7 Å². The molecule has 2 aromatic carbocycles. The first-order valence-corrected chi connectivity index (χ1v) is 7.55. The average Bonchev–Trinajstić information content (AvgIpc) is 2.44. The summed E-state index contributed by atoms with van der Waals surface area (Å²) >= 11 is 2.12. The summed E-state index contributed by atoms with van der Waals surface area (Å²) in [5.74, 6) is -0.324. The van der Waals surface area contributed by atoms with E-state index in [-0.39, 0.29) is 12.3 Å². The molecule has 2 rings (SSSR count). The zero-order valence-electron chi connectivity index (χ0n) is 11.7. The van der Waals surface area contributed by atoms with Crippen LogP contribution in [0.25, 0.3) is 0 Å². The topological polar surface area (TPSA) is 50.4 Å². The van der Waals surface area contributed by atoms with E-state index in [1.165, 1.54) is 18.2 Å². The minimum atomic E-state index is -4.74. The molecule has 0 saturated carbocycles. The van der Waals surface area contributed by atoms with Crippen LogP contribution in [-0.2, 0) is 6.54 Å². The Kier molecular flexibility index (Phi) is 5.69. The summed E-state index contributed by atoms with van der Waals surface area (Å²) in [7, 11) is 0. The van der Waals surface area contributed by atoms with Crippen molar-refractivity contribution in [3.8, 4) is 5.75 Å². The Labute approximate surface area is 144 Å². The molecule has 0 fully saturated rings. The second-order valence-electron chi connectivity index (χ2n) is 4.51. The first-order valence-electron chi connectivity index (χ1n) is 6.47. The van der Waals surface area contributed by atoms with Crippen molar-refractivity contribution in [1.82, 2.24) is 5.32 Å². The van der Waals surface area contributed by atoms with Crippen LogP contribution in [0, 0.1) is 3.57 Å². The van der Waals surface area contributed by atoms with Gasteiger partial charge in [0.1, 0.15) is 5.75 Å². The first-order chi connectivity index (χ1) is 10.8. The number of anilines is 1. The molecule has 2 aromatic rings. The number of carbonyl (C=O) groups excluding carboxylic acids is 1. The molecule has 0 aromatic heterocycles. The molecule has 23 heavy (non-hydrogen) atoms. The van der Waals surface area contributed by atoms with Crippen LogP contribution in [0.2, 0.25) is 0 Å². The predicted octanol–water partition coefficient (Wildman–Crippen LogP) is 4.51. The highest BCUT2D eigenvalue weighted by molar-refractivity contribution is 14.1. The van der Waals surface area contributed by atoms with E-state index in [1.54, 1.807) is 24.3 Å². The zero-order chi connectivity index (χ0) is 16.9. The van der Waals surface area contributed by atoms with Gasteiger partial charge < -0.3 is 15.4 Å². The van der Waals surface area contributed by atoms with E-state index in [9.17, 15) is 18.0 Å². The number of nitrogens with one attached hydrogen (secondary N) is 2. The fourth-order valence-electron chi connectivity index (χ4n) is 1.78. The highest BCUT2D eigenvalue weighted by atomic mass is 127. The van der Waals surface area contributed by atoms with Crippen molar-refractivity contribution >= 4 is 34.3 Å². The Morgan fingerprint density at radius 2 is 1.87 bits per heavy atom. The third-order valence-electron chi connectivity index (χ3n) is 2.67. The standard InChI is InChI=1S/C15H12F3IN2O2/c16-15(17,18)23-13-6-1-3-10(7-13)9-20-14(22)21-12-5-2-4-11(19)8-12/h1-8H,9H2,(H2,20,21,22). The third kappa shape index (κ3) is 6.35. The Bertz CT molecular complexity index is 692. The molecule has 0 unspecified atom stereocenters. The number of halogens is 4. The second-order valence-corrected chi connectivity index (χ2v) is 5.76. The summed E-state index contributed by atoms with van der Waals surface area (Å²) in [6.45, 7) is 0.0742. The number of benzene rings is 2. The highest BCUT2D eigenvalue weighted by Crippen LogP contribution is 2.23. The fourth-order valence-corrected chi connectivity index (χ4v) is 2.32. The van der Waals surface area contributed by atoms with E-state index in [0.29, 0.717) is 11.3 Å². The largest absolute Gasteiger partial charge is 0.573 e. The Morgan fingerprint density at radius 1 is 1.13 bits per heavy atom. The van der Waals surface area contributed by atoms with Crippen molar-refractivity contribution in [2.24, 2.45) is 0 Å².